The molecule has 27 heavy (non-hydrogen) atoms. The van der Waals surface area contributed by atoms with Gasteiger partial charge in [0.05, 0.1) is 7.11 Å². The Morgan fingerprint density at radius 2 is 2.07 bits per heavy atom. The molecule has 4 rings (SSSR count). The van der Waals surface area contributed by atoms with E-state index in [1.54, 1.807) is 7.11 Å². The number of aryl methyl sites for hydroxylation is 1. The summed E-state index contributed by atoms with van der Waals surface area (Å²) in [6.07, 6.45) is 8.29. The Kier molecular flexibility index (Phi) is 5.55. The minimum atomic E-state index is 0.794. The van der Waals surface area contributed by atoms with E-state index in [2.05, 4.69) is 43.8 Å². The van der Waals surface area contributed by atoms with E-state index < -0.39 is 0 Å². The SMILES string of the molecule is COc1ccc(Br)cc1CCc1c(Cl)cccc1-c1nccn1CC1CC1. The van der Waals surface area contributed by atoms with Gasteiger partial charge in [-0.15, -0.1) is 0 Å². The van der Waals surface area contributed by atoms with E-state index in [1.807, 2.05) is 30.5 Å². The molecule has 2 aromatic carbocycles. The molecular weight excluding hydrogens is 424 g/mol. The third-order valence-electron chi connectivity index (χ3n) is 5.11. The standard InChI is InChI=1S/C22H22BrClN2O/c1-27-21-10-8-17(23)13-16(21)7-9-18-19(3-2-4-20(18)24)22-25-11-12-26(22)14-15-5-6-15/h2-4,8,10-13,15H,5-7,9,14H2,1H3. The van der Waals surface area contributed by atoms with Gasteiger partial charge in [0.1, 0.15) is 11.6 Å². The molecule has 5 heteroatoms. The molecule has 0 amide bonds. The minimum absolute atomic E-state index is 0.794. The molecule has 0 unspecified atom stereocenters. The molecular formula is C22H22BrClN2O. The number of hydrogen-bond acceptors (Lipinski definition) is 2. The van der Waals surface area contributed by atoms with Gasteiger partial charge in [0.25, 0.3) is 0 Å². The van der Waals surface area contributed by atoms with Crippen LogP contribution in [0.2, 0.25) is 5.02 Å². The van der Waals surface area contributed by atoms with Crippen LogP contribution in [-0.4, -0.2) is 16.7 Å². The summed E-state index contributed by atoms with van der Waals surface area (Å²) in [5, 5.41) is 0.794. The normalized spacial score (nSPS) is 13.7. The number of halogens is 2. The van der Waals surface area contributed by atoms with Crippen molar-refractivity contribution in [1.82, 2.24) is 9.55 Å². The first kappa shape index (κ1) is 18.6. The molecule has 0 saturated heterocycles. The number of benzene rings is 2. The second-order valence-electron chi connectivity index (χ2n) is 7.07. The predicted molar refractivity (Wildman–Crippen MR) is 113 cm³/mol. The summed E-state index contributed by atoms with van der Waals surface area (Å²) in [5.41, 5.74) is 3.44. The summed E-state index contributed by atoms with van der Waals surface area (Å²) in [7, 11) is 1.71. The van der Waals surface area contributed by atoms with Gasteiger partial charge in [0, 0.05) is 34.0 Å². The zero-order valence-electron chi connectivity index (χ0n) is 15.3. The third kappa shape index (κ3) is 4.22. The van der Waals surface area contributed by atoms with Gasteiger partial charge in [-0.2, -0.15) is 0 Å². The van der Waals surface area contributed by atoms with E-state index in [9.17, 15) is 0 Å². The van der Waals surface area contributed by atoms with Gasteiger partial charge >= 0.3 is 0 Å². The van der Waals surface area contributed by atoms with Crippen molar-refractivity contribution in [2.24, 2.45) is 5.92 Å². The van der Waals surface area contributed by atoms with Gasteiger partial charge in [0.2, 0.25) is 0 Å². The maximum absolute atomic E-state index is 6.61. The number of imidazole rings is 1. The fraction of sp³-hybridized carbons (Fsp3) is 0.318. The molecule has 1 aliphatic carbocycles. The lowest BCUT2D eigenvalue weighted by Gasteiger charge is -2.14. The first-order chi connectivity index (χ1) is 13.2. The summed E-state index contributed by atoms with van der Waals surface area (Å²) in [5.74, 6) is 2.72. The quantitative estimate of drug-likeness (QED) is 0.435. The Bertz CT molecular complexity index is 949. The highest BCUT2D eigenvalue weighted by molar-refractivity contribution is 9.10. The van der Waals surface area contributed by atoms with Crippen molar-refractivity contribution in [1.29, 1.82) is 0 Å². The highest BCUT2D eigenvalue weighted by atomic mass is 79.9. The maximum atomic E-state index is 6.61. The van der Waals surface area contributed by atoms with Crippen molar-refractivity contribution >= 4 is 27.5 Å². The number of aromatic nitrogens is 2. The molecule has 1 heterocycles. The number of hydrogen-bond donors (Lipinski definition) is 0. The predicted octanol–water partition coefficient (Wildman–Crippen LogP) is 6.17. The van der Waals surface area contributed by atoms with Crippen LogP contribution in [0.15, 0.2) is 53.3 Å². The van der Waals surface area contributed by atoms with Crippen molar-refractivity contribution in [2.75, 3.05) is 7.11 Å². The highest BCUT2D eigenvalue weighted by Gasteiger charge is 2.23. The molecule has 1 aliphatic rings. The van der Waals surface area contributed by atoms with Crippen LogP contribution in [0.25, 0.3) is 11.4 Å². The number of methoxy groups -OCH3 is 1. The molecule has 0 N–H and O–H groups in total. The summed E-state index contributed by atoms with van der Waals surface area (Å²) in [6.45, 7) is 1.04. The van der Waals surface area contributed by atoms with Crippen LogP contribution in [0.3, 0.4) is 0 Å². The van der Waals surface area contributed by atoms with Gasteiger partial charge in [-0.05, 0) is 67.0 Å². The molecule has 0 atom stereocenters. The molecule has 1 saturated carbocycles. The minimum Gasteiger partial charge on any atom is -0.496 e. The van der Waals surface area contributed by atoms with Gasteiger partial charge in [-0.3, -0.25) is 0 Å². The van der Waals surface area contributed by atoms with E-state index in [0.717, 1.165) is 57.5 Å². The lowest BCUT2D eigenvalue weighted by Crippen LogP contribution is -2.04. The fourth-order valence-corrected chi connectivity index (χ4v) is 4.18. The smallest absolute Gasteiger partial charge is 0.140 e. The largest absolute Gasteiger partial charge is 0.496 e. The average Bonchev–Trinajstić information content (AvgIpc) is 3.36. The number of rotatable bonds is 7. The molecule has 0 bridgehead atoms. The summed E-state index contributed by atoms with van der Waals surface area (Å²) >= 11 is 10.2. The molecule has 3 nitrogen and oxygen atoms in total. The van der Waals surface area contributed by atoms with E-state index in [0.29, 0.717) is 0 Å². The fourth-order valence-electron chi connectivity index (χ4n) is 3.50. The van der Waals surface area contributed by atoms with Crippen LogP contribution in [0, 0.1) is 5.92 Å². The van der Waals surface area contributed by atoms with Crippen LogP contribution in [-0.2, 0) is 19.4 Å². The van der Waals surface area contributed by atoms with Gasteiger partial charge in [-0.25, -0.2) is 4.98 Å². The Balaban J connectivity index is 1.64. The molecule has 1 aromatic heterocycles. The third-order valence-corrected chi connectivity index (χ3v) is 5.96. The van der Waals surface area contributed by atoms with Crippen molar-refractivity contribution in [2.45, 2.75) is 32.2 Å². The van der Waals surface area contributed by atoms with E-state index >= 15 is 0 Å². The van der Waals surface area contributed by atoms with Crippen LogP contribution in [0.4, 0.5) is 0 Å². The summed E-state index contributed by atoms with van der Waals surface area (Å²) in [6, 6.07) is 12.2. The van der Waals surface area contributed by atoms with Gasteiger partial charge < -0.3 is 9.30 Å². The molecule has 0 radical (unpaired) electrons. The molecule has 3 aromatic rings. The van der Waals surface area contributed by atoms with Crippen LogP contribution >= 0.6 is 27.5 Å². The molecule has 140 valence electrons. The lowest BCUT2D eigenvalue weighted by molar-refractivity contribution is 0.409. The Morgan fingerprint density at radius 1 is 1.22 bits per heavy atom. The van der Waals surface area contributed by atoms with Crippen LogP contribution < -0.4 is 4.74 Å². The van der Waals surface area contributed by atoms with E-state index in [4.69, 9.17) is 16.3 Å². The Labute approximate surface area is 173 Å². The van der Waals surface area contributed by atoms with Crippen molar-refractivity contribution in [3.05, 3.63) is 69.4 Å². The monoisotopic (exact) mass is 444 g/mol. The highest BCUT2D eigenvalue weighted by Crippen LogP contribution is 2.35. The zero-order chi connectivity index (χ0) is 18.8. The Morgan fingerprint density at radius 3 is 2.85 bits per heavy atom. The van der Waals surface area contributed by atoms with E-state index in [-0.39, 0.29) is 0 Å². The zero-order valence-corrected chi connectivity index (χ0v) is 17.6. The van der Waals surface area contributed by atoms with Crippen LogP contribution in [0.1, 0.15) is 24.0 Å². The second-order valence-corrected chi connectivity index (χ2v) is 8.39. The number of ether oxygens (including phenoxy) is 1. The Hall–Kier alpha value is -1.78. The average molecular weight is 446 g/mol. The summed E-state index contributed by atoms with van der Waals surface area (Å²) in [4.78, 5) is 4.64. The van der Waals surface area contributed by atoms with E-state index in [1.165, 1.54) is 18.4 Å². The van der Waals surface area contributed by atoms with Crippen LogP contribution in [0.5, 0.6) is 5.75 Å². The molecule has 0 spiro atoms. The summed E-state index contributed by atoms with van der Waals surface area (Å²) < 4.78 is 8.84. The van der Waals surface area contributed by atoms with Crippen molar-refractivity contribution < 1.29 is 4.74 Å². The topological polar surface area (TPSA) is 27.1 Å². The molecule has 0 aliphatic heterocycles. The van der Waals surface area contributed by atoms with Crippen molar-refractivity contribution in [3.8, 4) is 17.1 Å². The first-order valence-corrected chi connectivity index (χ1v) is 10.4. The first-order valence-electron chi connectivity index (χ1n) is 9.27. The second kappa shape index (κ2) is 8.07. The molecule has 1 fully saturated rings. The number of nitrogens with zero attached hydrogens (tertiary/aromatic N) is 2. The van der Waals surface area contributed by atoms with Crippen molar-refractivity contribution in [3.63, 3.8) is 0 Å². The van der Waals surface area contributed by atoms with Gasteiger partial charge in [-0.1, -0.05) is 39.7 Å². The maximum Gasteiger partial charge on any atom is 0.140 e. The lowest BCUT2D eigenvalue weighted by atomic mass is 9.98. The van der Waals surface area contributed by atoms with Gasteiger partial charge in [0.15, 0.2) is 0 Å².